The molecule has 0 bridgehead atoms. The molecule has 0 fully saturated rings. The minimum absolute atomic E-state index is 0.708. The van der Waals surface area contributed by atoms with Gasteiger partial charge in [0.2, 0.25) is 0 Å². The zero-order valence-corrected chi connectivity index (χ0v) is 5.97. The van der Waals surface area contributed by atoms with Gasteiger partial charge in [-0.25, -0.2) is 0 Å². The number of hydrogen-bond acceptors (Lipinski definition) is 3. The van der Waals surface area contributed by atoms with Crippen molar-refractivity contribution in [2.75, 3.05) is 14.1 Å². The van der Waals surface area contributed by atoms with Crippen LogP contribution in [0.1, 0.15) is 0 Å². The Morgan fingerprint density at radius 1 is 1.71 bits per heavy atom. The normalized spacial score (nSPS) is 8.43. The number of nitrogens with zero attached hydrogens (tertiary/aromatic N) is 1. The Morgan fingerprint density at radius 2 is 2.14 bits per heavy atom. The second kappa shape index (κ2) is 3.23. The Morgan fingerprint density at radius 3 is 2.14 bits per heavy atom. The number of rotatable bonds is 0. The smallest absolute Gasteiger partial charge is 0.150 e. The Hall–Kier alpha value is 0.200. The summed E-state index contributed by atoms with van der Waals surface area (Å²) in [6, 6.07) is 0. The summed E-state index contributed by atoms with van der Waals surface area (Å²) in [5.41, 5.74) is 0. The molecule has 0 spiro atoms. The highest BCUT2D eigenvalue weighted by atomic mass is 32.2. The van der Waals surface area contributed by atoms with Gasteiger partial charge in [-0.2, -0.15) is 0 Å². The molecule has 0 aliphatic carbocycles. The van der Waals surface area contributed by atoms with Crippen molar-refractivity contribution < 1.29 is 0 Å². The van der Waals surface area contributed by atoms with Crippen LogP contribution in [0.5, 0.6) is 0 Å². The summed E-state index contributed by atoms with van der Waals surface area (Å²) in [5, 5.41) is 5.11. The van der Waals surface area contributed by atoms with Gasteiger partial charge in [-0.15, -0.1) is 0 Å². The van der Waals surface area contributed by atoms with E-state index in [0.29, 0.717) is 4.32 Å². The zero-order valence-electron chi connectivity index (χ0n) is 4.34. The van der Waals surface area contributed by atoms with Crippen molar-refractivity contribution in [3.8, 4) is 0 Å². The Labute approximate surface area is 53.2 Å². The quantitative estimate of drug-likeness (QED) is 0.386. The lowest BCUT2D eigenvalue weighted by molar-refractivity contribution is 0.648. The maximum absolute atomic E-state index is 5.11. The van der Waals surface area contributed by atoms with Gasteiger partial charge in [0.1, 0.15) is 0 Å². The van der Waals surface area contributed by atoms with E-state index in [4.69, 9.17) is 17.4 Å². The van der Waals surface area contributed by atoms with Crippen LogP contribution in [0.15, 0.2) is 0 Å². The van der Waals surface area contributed by atoms with E-state index in [1.165, 1.54) is 0 Å². The van der Waals surface area contributed by atoms with Gasteiger partial charge in [0.05, 0.1) is 0 Å². The summed E-state index contributed by atoms with van der Waals surface area (Å²) in [5.74, 6) is 0. The molecule has 0 rings (SSSR count). The monoisotopic (exact) mass is 136 g/mol. The van der Waals surface area contributed by atoms with Crippen LogP contribution >= 0.6 is 24.2 Å². The molecule has 0 aromatic carbocycles. The zero-order chi connectivity index (χ0) is 5.86. The average Bonchev–Trinajstić information content (AvgIpc) is 1.65. The van der Waals surface area contributed by atoms with Gasteiger partial charge in [0.15, 0.2) is 4.32 Å². The predicted molar refractivity (Wildman–Crippen MR) is 38.1 cm³/mol. The molecule has 0 radical (unpaired) electrons. The molecule has 42 valence electrons. The molecule has 0 aromatic heterocycles. The molecule has 7 heavy (non-hydrogen) atoms. The maximum atomic E-state index is 5.11. The molecule has 2 N–H and O–H groups in total. The van der Waals surface area contributed by atoms with Gasteiger partial charge < -0.3 is 4.90 Å². The van der Waals surface area contributed by atoms with Crippen LogP contribution < -0.4 is 5.14 Å². The molecular formula is C3H8N2S2. The topological polar surface area (TPSA) is 29.3 Å². The van der Waals surface area contributed by atoms with Gasteiger partial charge in [0, 0.05) is 14.1 Å². The maximum Gasteiger partial charge on any atom is 0.150 e. The summed E-state index contributed by atoms with van der Waals surface area (Å²) >= 11 is 5.83. The van der Waals surface area contributed by atoms with Gasteiger partial charge in [-0.3, -0.25) is 5.14 Å². The lowest BCUT2D eigenvalue weighted by atomic mass is 11.0. The summed E-state index contributed by atoms with van der Waals surface area (Å²) in [6.45, 7) is 0. The van der Waals surface area contributed by atoms with Crippen LogP contribution in [0.3, 0.4) is 0 Å². The molecule has 0 saturated carbocycles. The molecule has 0 aliphatic heterocycles. The molecule has 0 amide bonds. The third-order valence-electron chi connectivity index (χ3n) is 0.466. The van der Waals surface area contributed by atoms with Crippen molar-refractivity contribution in [1.29, 1.82) is 0 Å². The molecule has 4 heteroatoms. The first kappa shape index (κ1) is 7.20. The Bertz CT molecular complexity index is 71.3. The summed E-state index contributed by atoms with van der Waals surface area (Å²) in [7, 11) is 3.73. The molecule has 0 unspecified atom stereocenters. The number of hydrogen-bond donors (Lipinski definition) is 1. The fraction of sp³-hybridized carbons (Fsp3) is 0.667. The van der Waals surface area contributed by atoms with Crippen molar-refractivity contribution >= 4 is 28.5 Å². The van der Waals surface area contributed by atoms with Gasteiger partial charge in [-0.1, -0.05) is 12.2 Å². The van der Waals surface area contributed by atoms with Gasteiger partial charge in [0.25, 0.3) is 0 Å². The number of nitrogens with two attached hydrogens (primary N) is 1. The SMILES string of the molecule is CN(C)C(=S)SN. The molecule has 2 nitrogen and oxygen atoms in total. The lowest BCUT2D eigenvalue weighted by Gasteiger charge is -2.08. The second-order valence-electron chi connectivity index (χ2n) is 1.28. The first-order chi connectivity index (χ1) is 3.18. The van der Waals surface area contributed by atoms with Crippen LogP contribution in [0, 0.1) is 0 Å². The first-order valence-corrected chi connectivity index (χ1v) is 3.05. The van der Waals surface area contributed by atoms with E-state index in [-0.39, 0.29) is 0 Å². The minimum atomic E-state index is 0.708. The fourth-order valence-corrected chi connectivity index (χ4v) is 0.316. The van der Waals surface area contributed by atoms with Crippen molar-refractivity contribution in [2.45, 2.75) is 0 Å². The molecule has 0 heterocycles. The molecule has 0 aromatic rings. The van der Waals surface area contributed by atoms with Crippen molar-refractivity contribution in [3.05, 3.63) is 0 Å². The van der Waals surface area contributed by atoms with E-state index in [1.54, 1.807) is 4.90 Å². The van der Waals surface area contributed by atoms with E-state index in [9.17, 15) is 0 Å². The Kier molecular flexibility index (Phi) is 3.33. The van der Waals surface area contributed by atoms with E-state index in [1.807, 2.05) is 14.1 Å². The third-order valence-corrected chi connectivity index (χ3v) is 1.69. The fourth-order valence-electron chi connectivity index (χ4n) is 0.105. The largest absolute Gasteiger partial charge is 0.363 e. The van der Waals surface area contributed by atoms with Crippen molar-refractivity contribution in [3.63, 3.8) is 0 Å². The summed E-state index contributed by atoms with van der Waals surface area (Å²) in [4.78, 5) is 1.79. The molecule has 0 aliphatic rings. The average molecular weight is 136 g/mol. The van der Waals surface area contributed by atoms with Crippen LogP contribution in [0.25, 0.3) is 0 Å². The lowest BCUT2D eigenvalue weighted by Crippen LogP contribution is -2.17. The standard InChI is InChI=1S/C3H8N2S2/c1-5(2)3(6)7-4/h4H2,1-2H3. The van der Waals surface area contributed by atoms with E-state index in [0.717, 1.165) is 11.9 Å². The Balaban J connectivity index is 3.35. The number of thiocarbonyl (C=S) groups is 1. The third kappa shape index (κ3) is 2.85. The van der Waals surface area contributed by atoms with Gasteiger partial charge in [-0.05, 0) is 11.9 Å². The highest BCUT2D eigenvalue weighted by molar-refractivity contribution is 8.21. The molecule has 0 saturated heterocycles. The highest BCUT2D eigenvalue weighted by Gasteiger charge is 1.91. The van der Waals surface area contributed by atoms with Crippen LogP contribution in [-0.2, 0) is 0 Å². The minimum Gasteiger partial charge on any atom is -0.363 e. The van der Waals surface area contributed by atoms with Crippen molar-refractivity contribution in [1.82, 2.24) is 4.90 Å². The molecule has 0 atom stereocenters. The summed E-state index contributed by atoms with van der Waals surface area (Å²) < 4.78 is 0.708. The second-order valence-corrected chi connectivity index (χ2v) is 2.55. The molecular weight excluding hydrogens is 128 g/mol. The van der Waals surface area contributed by atoms with Crippen LogP contribution in [0.2, 0.25) is 0 Å². The highest BCUT2D eigenvalue weighted by Crippen LogP contribution is 1.93. The van der Waals surface area contributed by atoms with E-state index >= 15 is 0 Å². The van der Waals surface area contributed by atoms with Crippen LogP contribution in [0.4, 0.5) is 0 Å². The first-order valence-electron chi connectivity index (χ1n) is 1.76. The van der Waals surface area contributed by atoms with Crippen LogP contribution in [-0.4, -0.2) is 23.3 Å². The van der Waals surface area contributed by atoms with Crippen molar-refractivity contribution in [2.24, 2.45) is 5.14 Å². The van der Waals surface area contributed by atoms with E-state index < -0.39 is 0 Å². The predicted octanol–water partition coefficient (Wildman–Crippen LogP) is 0.440. The van der Waals surface area contributed by atoms with Gasteiger partial charge >= 0.3 is 0 Å². The summed E-state index contributed by atoms with van der Waals surface area (Å²) in [6.07, 6.45) is 0. The van der Waals surface area contributed by atoms with E-state index in [2.05, 4.69) is 0 Å².